The van der Waals surface area contributed by atoms with Crippen LogP contribution in [0.15, 0.2) is 28.7 Å². The van der Waals surface area contributed by atoms with E-state index >= 15 is 0 Å². The summed E-state index contributed by atoms with van der Waals surface area (Å²) in [4.78, 5) is 4.08. The highest BCUT2D eigenvalue weighted by Crippen LogP contribution is 2.24. The molecule has 0 aliphatic heterocycles. The van der Waals surface area contributed by atoms with Crippen molar-refractivity contribution in [3.05, 3.63) is 29.1 Å². The van der Waals surface area contributed by atoms with Crippen molar-refractivity contribution in [2.75, 3.05) is 11.2 Å². The zero-order valence-corrected chi connectivity index (χ0v) is 14.6. The highest BCUT2D eigenvalue weighted by molar-refractivity contribution is 7.14. The molecule has 0 atom stereocenters. The van der Waals surface area contributed by atoms with Gasteiger partial charge in [-0.05, 0) is 39.8 Å². The van der Waals surface area contributed by atoms with Crippen molar-refractivity contribution in [2.24, 2.45) is 5.10 Å². The van der Waals surface area contributed by atoms with Gasteiger partial charge >= 0.3 is 0 Å². The van der Waals surface area contributed by atoms with E-state index in [1.54, 1.807) is 11.6 Å². The summed E-state index contributed by atoms with van der Waals surface area (Å²) in [5, 5.41) is 6.57. The van der Waals surface area contributed by atoms with Crippen molar-refractivity contribution in [3.8, 4) is 11.5 Å². The van der Waals surface area contributed by atoms with E-state index in [1.807, 2.05) is 45.9 Å². The molecule has 1 aromatic heterocycles. The molecule has 0 bridgehead atoms. The monoisotopic (exact) mass is 334 g/mol. The van der Waals surface area contributed by atoms with Crippen molar-refractivity contribution in [3.63, 3.8) is 0 Å². The Kier molecular flexibility index (Phi) is 5.81. The topological polar surface area (TPSA) is 81.8 Å². The number of nitrogens with zero attached hydrogens (tertiary/aromatic N) is 2. The molecular weight excluding hydrogens is 312 g/mol. The SMILES string of the molecule is CC(C)Oc1cc(C=NNc2nc(N)cs2)cc(OC(C)C)c1. The number of nitrogens with two attached hydrogens (primary N) is 1. The van der Waals surface area contributed by atoms with Crippen molar-refractivity contribution in [2.45, 2.75) is 39.9 Å². The third-order valence-corrected chi connectivity index (χ3v) is 3.31. The largest absolute Gasteiger partial charge is 0.491 e. The fourth-order valence-corrected chi connectivity index (χ4v) is 2.40. The van der Waals surface area contributed by atoms with Crippen LogP contribution in [0.4, 0.5) is 10.9 Å². The van der Waals surface area contributed by atoms with E-state index in [-0.39, 0.29) is 12.2 Å². The summed E-state index contributed by atoms with van der Waals surface area (Å²) in [5.41, 5.74) is 9.29. The number of thiazole rings is 1. The first kappa shape index (κ1) is 17.1. The average Bonchev–Trinajstić information content (AvgIpc) is 2.82. The van der Waals surface area contributed by atoms with Gasteiger partial charge in [0.15, 0.2) is 0 Å². The Bertz CT molecular complexity index is 640. The molecule has 7 heteroatoms. The molecule has 3 N–H and O–H groups in total. The van der Waals surface area contributed by atoms with Crippen LogP contribution in [0.25, 0.3) is 0 Å². The molecule has 1 heterocycles. The molecule has 1 aromatic carbocycles. The molecule has 0 aliphatic rings. The Morgan fingerprint density at radius 1 is 1.13 bits per heavy atom. The zero-order valence-electron chi connectivity index (χ0n) is 13.7. The molecule has 0 fully saturated rings. The second-order valence-corrected chi connectivity index (χ2v) is 6.38. The van der Waals surface area contributed by atoms with Crippen LogP contribution in [0.3, 0.4) is 0 Å². The van der Waals surface area contributed by atoms with E-state index in [1.165, 1.54) is 11.3 Å². The lowest BCUT2D eigenvalue weighted by Crippen LogP contribution is -2.08. The van der Waals surface area contributed by atoms with Gasteiger partial charge in [0.1, 0.15) is 17.3 Å². The molecule has 6 nitrogen and oxygen atoms in total. The van der Waals surface area contributed by atoms with Crippen molar-refractivity contribution >= 4 is 28.5 Å². The molecule has 2 rings (SSSR count). The minimum atomic E-state index is 0.0884. The Morgan fingerprint density at radius 2 is 1.74 bits per heavy atom. The van der Waals surface area contributed by atoms with E-state index in [2.05, 4.69) is 15.5 Å². The molecule has 0 unspecified atom stereocenters. The summed E-state index contributed by atoms with van der Waals surface area (Å²) >= 11 is 1.40. The first-order valence-corrected chi connectivity index (χ1v) is 8.29. The molecule has 124 valence electrons. The Hall–Kier alpha value is -2.28. The van der Waals surface area contributed by atoms with E-state index in [4.69, 9.17) is 15.2 Å². The van der Waals surface area contributed by atoms with Crippen molar-refractivity contribution in [1.82, 2.24) is 4.98 Å². The molecule has 0 amide bonds. The van der Waals surface area contributed by atoms with Gasteiger partial charge in [-0.25, -0.2) is 4.98 Å². The first-order valence-electron chi connectivity index (χ1n) is 7.41. The van der Waals surface area contributed by atoms with Crippen LogP contribution >= 0.6 is 11.3 Å². The maximum atomic E-state index is 5.76. The second kappa shape index (κ2) is 7.82. The molecule has 0 spiro atoms. The highest BCUT2D eigenvalue weighted by Gasteiger charge is 2.06. The molecule has 23 heavy (non-hydrogen) atoms. The van der Waals surface area contributed by atoms with Crippen LogP contribution in [-0.2, 0) is 0 Å². The van der Waals surface area contributed by atoms with Crippen LogP contribution in [0.1, 0.15) is 33.3 Å². The van der Waals surface area contributed by atoms with Crippen LogP contribution in [0.5, 0.6) is 11.5 Å². The van der Waals surface area contributed by atoms with Crippen LogP contribution in [0, 0.1) is 0 Å². The van der Waals surface area contributed by atoms with Gasteiger partial charge in [0, 0.05) is 17.0 Å². The molecule has 2 aromatic rings. The van der Waals surface area contributed by atoms with E-state index in [9.17, 15) is 0 Å². The summed E-state index contributed by atoms with van der Waals surface area (Å²) in [6, 6.07) is 5.70. The number of hydrogen-bond acceptors (Lipinski definition) is 7. The molecule has 0 saturated heterocycles. The van der Waals surface area contributed by atoms with E-state index in [0.29, 0.717) is 10.9 Å². The molecular formula is C16H22N4O2S. The van der Waals surface area contributed by atoms with Crippen molar-refractivity contribution in [1.29, 1.82) is 0 Å². The highest BCUT2D eigenvalue weighted by atomic mass is 32.1. The van der Waals surface area contributed by atoms with Gasteiger partial charge < -0.3 is 15.2 Å². The Balaban J connectivity index is 2.14. The summed E-state index contributed by atoms with van der Waals surface area (Å²) in [6.07, 6.45) is 1.87. The third kappa shape index (κ3) is 5.78. The number of benzene rings is 1. The average molecular weight is 334 g/mol. The maximum Gasteiger partial charge on any atom is 0.205 e. The molecule has 0 saturated carbocycles. The van der Waals surface area contributed by atoms with Gasteiger partial charge in [-0.3, -0.25) is 5.43 Å². The van der Waals surface area contributed by atoms with Gasteiger partial charge in [0.2, 0.25) is 5.13 Å². The summed E-state index contributed by atoms with van der Waals surface area (Å²) < 4.78 is 11.5. The first-order chi connectivity index (χ1) is 10.9. The van der Waals surface area contributed by atoms with Crippen LogP contribution in [-0.4, -0.2) is 23.4 Å². The fourth-order valence-electron chi connectivity index (χ4n) is 1.85. The predicted molar refractivity (Wildman–Crippen MR) is 95.7 cm³/mol. The van der Waals surface area contributed by atoms with E-state index < -0.39 is 0 Å². The number of rotatable bonds is 7. The summed E-state index contributed by atoms with van der Waals surface area (Å²) in [5.74, 6) is 1.98. The number of hydrogen-bond donors (Lipinski definition) is 2. The lowest BCUT2D eigenvalue weighted by molar-refractivity contribution is 0.229. The third-order valence-electron chi connectivity index (χ3n) is 2.54. The van der Waals surface area contributed by atoms with Gasteiger partial charge in [0.05, 0.1) is 18.4 Å². The normalized spacial score (nSPS) is 11.4. The van der Waals surface area contributed by atoms with Crippen molar-refractivity contribution < 1.29 is 9.47 Å². The Morgan fingerprint density at radius 3 is 2.22 bits per heavy atom. The number of ether oxygens (including phenoxy) is 2. The second-order valence-electron chi connectivity index (χ2n) is 5.52. The summed E-state index contributed by atoms with van der Waals surface area (Å²) in [7, 11) is 0. The van der Waals surface area contributed by atoms with E-state index in [0.717, 1.165) is 17.1 Å². The number of aromatic nitrogens is 1. The van der Waals surface area contributed by atoms with Crippen LogP contribution in [0.2, 0.25) is 0 Å². The molecule has 0 aliphatic carbocycles. The number of anilines is 2. The predicted octanol–water partition coefficient (Wildman–Crippen LogP) is 3.75. The van der Waals surface area contributed by atoms with Gasteiger partial charge in [-0.2, -0.15) is 5.10 Å². The number of hydrazone groups is 1. The minimum Gasteiger partial charge on any atom is -0.491 e. The number of nitrogen functional groups attached to an aromatic ring is 1. The maximum absolute atomic E-state index is 5.76. The molecule has 0 radical (unpaired) electrons. The van der Waals surface area contributed by atoms with Gasteiger partial charge in [-0.1, -0.05) is 0 Å². The summed E-state index contributed by atoms with van der Waals surface area (Å²) in [6.45, 7) is 7.94. The zero-order chi connectivity index (χ0) is 16.8. The fraction of sp³-hybridized carbons (Fsp3) is 0.375. The van der Waals surface area contributed by atoms with Gasteiger partial charge in [0.25, 0.3) is 0 Å². The van der Waals surface area contributed by atoms with Crippen LogP contribution < -0.4 is 20.6 Å². The number of nitrogens with one attached hydrogen (secondary N) is 1. The lowest BCUT2D eigenvalue weighted by Gasteiger charge is -2.14. The minimum absolute atomic E-state index is 0.0884. The Labute approximate surface area is 140 Å². The lowest BCUT2D eigenvalue weighted by atomic mass is 10.2. The standard InChI is InChI=1S/C16H22N4O2S/c1-10(2)21-13-5-12(6-14(7-13)22-11(3)4)8-18-20-16-19-15(17)9-23-16/h5-11H,17H2,1-4H3,(H,19,20). The van der Waals surface area contributed by atoms with Gasteiger partial charge in [-0.15, -0.1) is 11.3 Å². The quantitative estimate of drug-likeness (QED) is 0.595. The smallest absolute Gasteiger partial charge is 0.205 e.